The summed E-state index contributed by atoms with van der Waals surface area (Å²) < 4.78 is 37.6. The molecule has 0 radical (unpaired) electrons. The first-order chi connectivity index (χ1) is 18.4. The SMILES string of the molecule is Nc1cc(N)cc(C(=O)OCCCCCCCCCCCCOc2ccc(-c3ccc(F)c(F)c3)cc2)c1. The number of esters is 1. The van der Waals surface area contributed by atoms with Gasteiger partial charge < -0.3 is 20.9 Å². The molecule has 0 aromatic heterocycles. The molecule has 0 saturated heterocycles. The number of benzene rings is 3. The molecule has 0 amide bonds. The second kappa shape index (κ2) is 15.6. The van der Waals surface area contributed by atoms with Gasteiger partial charge in [0.15, 0.2) is 11.6 Å². The molecule has 4 N–H and O–H groups in total. The molecule has 0 atom stereocenters. The Balaban J connectivity index is 1.13. The molecule has 0 unspecified atom stereocenters. The third-order valence-corrected chi connectivity index (χ3v) is 6.36. The number of unbranched alkanes of at least 4 members (excludes halogenated alkanes) is 9. The number of hydrogen-bond acceptors (Lipinski definition) is 5. The molecule has 0 heterocycles. The van der Waals surface area contributed by atoms with Crippen LogP contribution in [0, 0.1) is 11.6 Å². The van der Waals surface area contributed by atoms with Crippen molar-refractivity contribution in [2.75, 3.05) is 24.7 Å². The first-order valence-corrected chi connectivity index (χ1v) is 13.4. The number of halogens is 2. The lowest BCUT2D eigenvalue weighted by Gasteiger charge is -2.08. The van der Waals surface area contributed by atoms with Crippen LogP contribution in [0.3, 0.4) is 0 Å². The van der Waals surface area contributed by atoms with Crippen LogP contribution in [0.1, 0.15) is 74.6 Å². The molecule has 3 rings (SSSR count). The third kappa shape index (κ3) is 10.0. The summed E-state index contributed by atoms with van der Waals surface area (Å²) in [4.78, 5) is 12.0. The second-order valence-corrected chi connectivity index (χ2v) is 9.56. The van der Waals surface area contributed by atoms with Gasteiger partial charge in [0.2, 0.25) is 0 Å². The first kappa shape index (κ1) is 29.0. The van der Waals surface area contributed by atoms with Crippen LogP contribution in [0.25, 0.3) is 11.1 Å². The Morgan fingerprint density at radius 1 is 0.605 bits per heavy atom. The summed E-state index contributed by atoms with van der Waals surface area (Å²) in [5, 5.41) is 0. The van der Waals surface area contributed by atoms with Crippen LogP contribution in [-0.4, -0.2) is 19.2 Å². The average Bonchev–Trinajstić information content (AvgIpc) is 2.90. The van der Waals surface area contributed by atoms with E-state index in [1.54, 1.807) is 24.3 Å². The summed E-state index contributed by atoms with van der Waals surface area (Å²) >= 11 is 0. The van der Waals surface area contributed by atoms with Crippen molar-refractivity contribution in [3.63, 3.8) is 0 Å². The molecule has 0 aliphatic carbocycles. The predicted octanol–water partition coefficient (Wildman–Crippen LogP) is 7.93. The fraction of sp³-hybridized carbons (Fsp3) is 0.387. The summed E-state index contributed by atoms with van der Waals surface area (Å²) in [5.41, 5.74) is 14.2. The normalized spacial score (nSPS) is 10.9. The van der Waals surface area contributed by atoms with Crippen molar-refractivity contribution in [1.82, 2.24) is 0 Å². The lowest BCUT2D eigenvalue weighted by molar-refractivity contribution is 0.0497. The minimum atomic E-state index is -0.847. The van der Waals surface area contributed by atoms with Gasteiger partial charge in [0, 0.05) is 11.4 Å². The van der Waals surface area contributed by atoms with Crippen molar-refractivity contribution in [1.29, 1.82) is 0 Å². The number of nitrogens with two attached hydrogens (primary N) is 2. The van der Waals surface area contributed by atoms with Gasteiger partial charge in [-0.05, 0) is 66.4 Å². The van der Waals surface area contributed by atoms with E-state index in [9.17, 15) is 13.6 Å². The molecule has 0 saturated carbocycles. The Morgan fingerprint density at radius 3 is 1.71 bits per heavy atom. The van der Waals surface area contributed by atoms with E-state index < -0.39 is 11.6 Å². The highest BCUT2D eigenvalue weighted by Crippen LogP contribution is 2.24. The van der Waals surface area contributed by atoms with Crippen molar-refractivity contribution in [3.8, 4) is 16.9 Å². The molecule has 3 aromatic carbocycles. The van der Waals surface area contributed by atoms with Crippen molar-refractivity contribution in [3.05, 3.63) is 77.9 Å². The van der Waals surface area contributed by atoms with E-state index in [2.05, 4.69) is 0 Å². The van der Waals surface area contributed by atoms with Gasteiger partial charge in [-0.3, -0.25) is 0 Å². The van der Waals surface area contributed by atoms with Gasteiger partial charge in [-0.2, -0.15) is 0 Å². The average molecular weight is 525 g/mol. The molecule has 0 bridgehead atoms. The summed E-state index contributed by atoms with van der Waals surface area (Å²) in [7, 11) is 0. The topological polar surface area (TPSA) is 87.6 Å². The zero-order valence-corrected chi connectivity index (χ0v) is 21.9. The van der Waals surface area contributed by atoms with Crippen LogP contribution in [-0.2, 0) is 4.74 Å². The van der Waals surface area contributed by atoms with Gasteiger partial charge >= 0.3 is 5.97 Å². The van der Waals surface area contributed by atoms with E-state index in [0.29, 0.717) is 35.7 Å². The number of rotatable bonds is 16. The molecule has 0 aliphatic heterocycles. The van der Waals surface area contributed by atoms with Crippen molar-refractivity contribution >= 4 is 17.3 Å². The zero-order chi connectivity index (χ0) is 27.2. The number of carbonyl (C=O) groups is 1. The lowest BCUT2D eigenvalue weighted by atomic mass is 10.1. The molecule has 0 aliphatic rings. The van der Waals surface area contributed by atoms with Crippen LogP contribution >= 0.6 is 0 Å². The highest BCUT2D eigenvalue weighted by atomic mass is 19.2. The molecule has 0 fully saturated rings. The second-order valence-electron chi connectivity index (χ2n) is 9.56. The van der Waals surface area contributed by atoms with Crippen LogP contribution in [0.4, 0.5) is 20.2 Å². The summed E-state index contributed by atoms with van der Waals surface area (Å²) in [6.07, 6.45) is 11.3. The molecule has 7 heteroatoms. The van der Waals surface area contributed by atoms with Crippen LogP contribution in [0.5, 0.6) is 5.75 Å². The van der Waals surface area contributed by atoms with Crippen LogP contribution in [0.2, 0.25) is 0 Å². The summed E-state index contributed by atoms with van der Waals surface area (Å²) in [5.74, 6) is -1.29. The predicted molar refractivity (Wildman–Crippen MR) is 149 cm³/mol. The van der Waals surface area contributed by atoms with E-state index in [0.717, 1.165) is 49.5 Å². The highest BCUT2D eigenvalue weighted by Gasteiger charge is 2.08. The maximum atomic E-state index is 13.4. The Kier molecular flexibility index (Phi) is 11.9. The summed E-state index contributed by atoms with van der Waals surface area (Å²) in [6.45, 7) is 1.08. The molecule has 204 valence electrons. The molecule has 38 heavy (non-hydrogen) atoms. The molecular weight excluding hydrogens is 486 g/mol. The van der Waals surface area contributed by atoms with Gasteiger partial charge in [-0.15, -0.1) is 0 Å². The van der Waals surface area contributed by atoms with Gasteiger partial charge in [-0.1, -0.05) is 69.6 Å². The number of ether oxygens (including phenoxy) is 2. The Morgan fingerprint density at radius 2 is 1.13 bits per heavy atom. The van der Waals surface area contributed by atoms with Gasteiger partial charge in [0.1, 0.15) is 5.75 Å². The maximum Gasteiger partial charge on any atom is 0.338 e. The fourth-order valence-corrected chi connectivity index (χ4v) is 4.27. The van der Waals surface area contributed by atoms with E-state index >= 15 is 0 Å². The molecule has 5 nitrogen and oxygen atoms in total. The standard InChI is InChI=1S/C31H38F2N2O3/c32-29-16-13-24(21-30(29)33)23-11-14-28(15-12-23)37-17-9-7-5-3-1-2-4-6-8-10-18-38-31(36)25-19-26(34)22-27(35)20-25/h11-16,19-22H,1-10,17-18,34-35H2. The third-order valence-electron chi connectivity index (χ3n) is 6.36. The van der Waals surface area contributed by atoms with Crippen LogP contribution in [0.15, 0.2) is 60.7 Å². The van der Waals surface area contributed by atoms with Gasteiger partial charge in [0.05, 0.1) is 18.8 Å². The van der Waals surface area contributed by atoms with Gasteiger partial charge in [-0.25, -0.2) is 13.6 Å². The van der Waals surface area contributed by atoms with E-state index in [-0.39, 0.29) is 5.97 Å². The number of carbonyl (C=O) groups excluding carboxylic acids is 1. The molecule has 0 spiro atoms. The highest BCUT2D eigenvalue weighted by molar-refractivity contribution is 5.91. The maximum absolute atomic E-state index is 13.4. The van der Waals surface area contributed by atoms with Crippen molar-refractivity contribution in [2.45, 2.75) is 64.2 Å². The van der Waals surface area contributed by atoms with E-state index in [4.69, 9.17) is 20.9 Å². The lowest BCUT2D eigenvalue weighted by Crippen LogP contribution is -2.07. The van der Waals surface area contributed by atoms with Gasteiger partial charge in [0.25, 0.3) is 0 Å². The largest absolute Gasteiger partial charge is 0.494 e. The monoisotopic (exact) mass is 524 g/mol. The molecular formula is C31H38F2N2O3. The first-order valence-electron chi connectivity index (χ1n) is 13.4. The van der Waals surface area contributed by atoms with E-state index in [1.807, 2.05) is 24.3 Å². The summed E-state index contributed by atoms with van der Waals surface area (Å²) in [6, 6.07) is 16.1. The van der Waals surface area contributed by atoms with Crippen molar-refractivity contribution in [2.24, 2.45) is 0 Å². The minimum absolute atomic E-state index is 0.382. The zero-order valence-electron chi connectivity index (χ0n) is 21.9. The number of nitrogen functional groups attached to an aromatic ring is 2. The van der Waals surface area contributed by atoms with Crippen LogP contribution < -0.4 is 16.2 Å². The smallest absolute Gasteiger partial charge is 0.338 e. The number of anilines is 2. The fourth-order valence-electron chi connectivity index (χ4n) is 4.27. The Bertz CT molecular complexity index is 1130. The minimum Gasteiger partial charge on any atom is -0.494 e. The Labute approximate surface area is 224 Å². The molecule has 3 aromatic rings. The number of hydrogen-bond donors (Lipinski definition) is 2. The van der Waals surface area contributed by atoms with E-state index in [1.165, 1.54) is 38.2 Å². The quantitative estimate of drug-likeness (QED) is 0.113. The van der Waals surface area contributed by atoms with Crippen molar-refractivity contribution < 1.29 is 23.0 Å². The Hall–Kier alpha value is -3.61.